The molecule has 2 nitrogen and oxygen atoms in total. The Morgan fingerprint density at radius 1 is 0.905 bits per heavy atom. The Hall–Kier alpha value is -2.39. The van der Waals surface area contributed by atoms with Crippen LogP contribution in [-0.4, -0.2) is 11.7 Å². The van der Waals surface area contributed by atoms with Crippen LogP contribution in [0.25, 0.3) is 10.8 Å². The molecule has 0 heterocycles. The molecule has 0 saturated heterocycles. The molecule has 0 aromatic heterocycles. The van der Waals surface area contributed by atoms with E-state index < -0.39 is 6.10 Å². The molecule has 0 radical (unpaired) electrons. The topological polar surface area (TPSA) is 32.3 Å². The second-order valence-corrected chi connectivity index (χ2v) is 4.94. The number of fused-ring (bicyclic) bond motifs is 1. The average Bonchev–Trinajstić information content (AvgIpc) is 2.53. The lowest BCUT2D eigenvalue weighted by Gasteiger charge is -2.15. The van der Waals surface area contributed by atoms with E-state index in [2.05, 4.69) is 5.32 Å². The number of benzene rings is 3. The number of halogens is 1. The summed E-state index contributed by atoms with van der Waals surface area (Å²) in [5.74, 6) is -0.385. The first kappa shape index (κ1) is 13.6. The van der Waals surface area contributed by atoms with Gasteiger partial charge < -0.3 is 10.4 Å². The van der Waals surface area contributed by atoms with Crippen LogP contribution in [-0.2, 0) is 0 Å². The molecule has 0 aliphatic heterocycles. The highest BCUT2D eigenvalue weighted by molar-refractivity contribution is 5.93. The quantitative estimate of drug-likeness (QED) is 0.754. The third kappa shape index (κ3) is 2.88. The summed E-state index contributed by atoms with van der Waals surface area (Å²) in [6.07, 6.45) is -0.884. The summed E-state index contributed by atoms with van der Waals surface area (Å²) in [7, 11) is 0. The fourth-order valence-electron chi connectivity index (χ4n) is 2.44. The Morgan fingerprint density at radius 3 is 2.48 bits per heavy atom. The van der Waals surface area contributed by atoms with Crippen LogP contribution >= 0.6 is 0 Å². The van der Waals surface area contributed by atoms with Crippen LogP contribution < -0.4 is 5.32 Å². The number of nitrogens with one attached hydrogen (secondary N) is 1. The molecule has 106 valence electrons. The van der Waals surface area contributed by atoms with Gasteiger partial charge in [-0.2, -0.15) is 0 Å². The standard InChI is InChI=1S/C18H16FNO/c19-16-10-4-3-9-15(16)18(21)12-20-17-11-5-7-13-6-1-2-8-14(13)17/h1-11,18,20-21H,12H2. The normalized spacial score (nSPS) is 12.3. The summed E-state index contributed by atoms with van der Waals surface area (Å²) in [5, 5.41) is 15.5. The predicted octanol–water partition coefficient (Wildman–Crippen LogP) is 4.12. The molecule has 3 aromatic carbocycles. The maximum Gasteiger partial charge on any atom is 0.129 e. The second-order valence-electron chi connectivity index (χ2n) is 4.94. The van der Waals surface area contributed by atoms with E-state index in [1.54, 1.807) is 18.2 Å². The number of hydrogen-bond donors (Lipinski definition) is 2. The summed E-state index contributed by atoms with van der Waals surface area (Å²) < 4.78 is 13.6. The third-order valence-electron chi connectivity index (χ3n) is 3.54. The van der Waals surface area contributed by atoms with Crippen LogP contribution in [0.5, 0.6) is 0 Å². The molecule has 3 aromatic rings. The van der Waals surface area contributed by atoms with Gasteiger partial charge in [0.15, 0.2) is 0 Å². The molecule has 0 aliphatic rings. The molecule has 3 rings (SSSR count). The highest BCUT2D eigenvalue weighted by Crippen LogP contribution is 2.24. The monoisotopic (exact) mass is 281 g/mol. The van der Waals surface area contributed by atoms with Crippen molar-refractivity contribution in [1.82, 2.24) is 0 Å². The van der Waals surface area contributed by atoms with Gasteiger partial charge >= 0.3 is 0 Å². The first-order chi connectivity index (χ1) is 10.3. The molecule has 0 bridgehead atoms. The smallest absolute Gasteiger partial charge is 0.129 e. The van der Waals surface area contributed by atoms with Gasteiger partial charge in [0.05, 0.1) is 6.10 Å². The van der Waals surface area contributed by atoms with E-state index in [1.165, 1.54) is 6.07 Å². The highest BCUT2D eigenvalue weighted by atomic mass is 19.1. The lowest BCUT2D eigenvalue weighted by molar-refractivity contribution is 0.186. The Balaban J connectivity index is 1.79. The third-order valence-corrected chi connectivity index (χ3v) is 3.54. The van der Waals surface area contributed by atoms with Gasteiger partial charge in [-0.1, -0.05) is 54.6 Å². The van der Waals surface area contributed by atoms with Crippen molar-refractivity contribution < 1.29 is 9.50 Å². The van der Waals surface area contributed by atoms with Crippen molar-refractivity contribution in [2.75, 3.05) is 11.9 Å². The van der Waals surface area contributed by atoms with E-state index >= 15 is 0 Å². The first-order valence-electron chi connectivity index (χ1n) is 6.90. The van der Waals surface area contributed by atoms with Crippen molar-refractivity contribution in [3.63, 3.8) is 0 Å². The van der Waals surface area contributed by atoms with Crippen molar-refractivity contribution in [2.24, 2.45) is 0 Å². The molecular formula is C18H16FNO. The minimum absolute atomic E-state index is 0.259. The Kier molecular flexibility index (Phi) is 3.84. The van der Waals surface area contributed by atoms with Crippen LogP contribution in [0.3, 0.4) is 0 Å². The summed E-state index contributed by atoms with van der Waals surface area (Å²) in [6, 6.07) is 20.3. The number of aliphatic hydroxyl groups is 1. The molecule has 21 heavy (non-hydrogen) atoms. The van der Waals surface area contributed by atoms with E-state index in [9.17, 15) is 9.50 Å². The van der Waals surface area contributed by atoms with Gasteiger partial charge in [0.25, 0.3) is 0 Å². The van der Waals surface area contributed by atoms with Gasteiger partial charge in [0.1, 0.15) is 5.82 Å². The van der Waals surface area contributed by atoms with Crippen molar-refractivity contribution in [3.8, 4) is 0 Å². The van der Waals surface area contributed by atoms with Crippen LogP contribution in [0.2, 0.25) is 0 Å². The van der Waals surface area contributed by atoms with E-state index in [4.69, 9.17) is 0 Å². The van der Waals surface area contributed by atoms with Crippen LogP contribution in [0, 0.1) is 5.82 Å². The van der Waals surface area contributed by atoms with Gasteiger partial charge in [-0.3, -0.25) is 0 Å². The lowest BCUT2D eigenvalue weighted by atomic mass is 10.1. The maximum absolute atomic E-state index is 13.6. The maximum atomic E-state index is 13.6. The van der Waals surface area contributed by atoms with Gasteiger partial charge in [0.2, 0.25) is 0 Å². The van der Waals surface area contributed by atoms with Gasteiger partial charge in [-0.15, -0.1) is 0 Å². The Labute approximate surface area is 122 Å². The Morgan fingerprint density at radius 2 is 1.62 bits per heavy atom. The summed E-state index contributed by atoms with van der Waals surface area (Å²) in [4.78, 5) is 0. The lowest BCUT2D eigenvalue weighted by Crippen LogP contribution is -2.13. The van der Waals surface area contributed by atoms with Crippen molar-refractivity contribution in [1.29, 1.82) is 0 Å². The second kappa shape index (κ2) is 5.94. The van der Waals surface area contributed by atoms with Crippen LogP contribution in [0.15, 0.2) is 66.7 Å². The SMILES string of the molecule is OC(CNc1cccc2ccccc12)c1ccccc1F. The van der Waals surface area contributed by atoms with Gasteiger partial charge in [-0.25, -0.2) is 4.39 Å². The zero-order chi connectivity index (χ0) is 14.7. The highest BCUT2D eigenvalue weighted by Gasteiger charge is 2.12. The largest absolute Gasteiger partial charge is 0.386 e. The Bertz CT molecular complexity index is 752. The fraction of sp³-hybridized carbons (Fsp3) is 0.111. The zero-order valence-corrected chi connectivity index (χ0v) is 11.5. The minimum Gasteiger partial charge on any atom is -0.386 e. The summed E-state index contributed by atoms with van der Waals surface area (Å²) in [6.45, 7) is 0.259. The minimum atomic E-state index is -0.884. The average molecular weight is 281 g/mol. The number of aliphatic hydroxyl groups excluding tert-OH is 1. The summed E-state index contributed by atoms with van der Waals surface area (Å²) >= 11 is 0. The molecule has 0 aliphatic carbocycles. The van der Waals surface area contributed by atoms with E-state index in [0.717, 1.165) is 16.5 Å². The molecule has 0 amide bonds. The molecule has 0 fully saturated rings. The van der Waals surface area contributed by atoms with Crippen molar-refractivity contribution >= 4 is 16.5 Å². The molecule has 3 heteroatoms. The molecule has 2 N–H and O–H groups in total. The molecule has 1 atom stereocenters. The summed E-state index contributed by atoms with van der Waals surface area (Å²) in [5.41, 5.74) is 1.24. The van der Waals surface area contributed by atoms with Crippen LogP contribution in [0.1, 0.15) is 11.7 Å². The van der Waals surface area contributed by atoms with Crippen molar-refractivity contribution in [2.45, 2.75) is 6.10 Å². The zero-order valence-electron chi connectivity index (χ0n) is 11.5. The first-order valence-corrected chi connectivity index (χ1v) is 6.90. The fourth-order valence-corrected chi connectivity index (χ4v) is 2.44. The van der Waals surface area contributed by atoms with Crippen molar-refractivity contribution in [3.05, 3.63) is 78.1 Å². The molecule has 1 unspecified atom stereocenters. The number of anilines is 1. The van der Waals surface area contributed by atoms with E-state index in [0.29, 0.717) is 5.56 Å². The van der Waals surface area contributed by atoms with E-state index in [-0.39, 0.29) is 12.4 Å². The van der Waals surface area contributed by atoms with Crippen LogP contribution in [0.4, 0.5) is 10.1 Å². The molecule has 0 saturated carbocycles. The number of rotatable bonds is 4. The van der Waals surface area contributed by atoms with Gasteiger partial charge in [0, 0.05) is 23.2 Å². The van der Waals surface area contributed by atoms with Gasteiger partial charge in [-0.05, 0) is 17.5 Å². The molecule has 0 spiro atoms. The predicted molar refractivity (Wildman–Crippen MR) is 83.8 cm³/mol. The number of hydrogen-bond acceptors (Lipinski definition) is 2. The molecular weight excluding hydrogens is 265 g/mol. The van der Waals surface area contributed by atoms with E-state index in [1.807, 2.05) is 42.5 Å².